The zero-order chi connectivity index (χ0) is 26.6. The summed E-state index contributed by atoms with van der Waals surface area (Å²) in [5.74, 6) is -1.33. The molecule has 37 heavy (non-hydrogen) atoms. The molecule has 1 fully saturated rings. The number of amides is 2. The van der Waals surface area contributed by atoms with Gasteiger partial charge in [-0.15, -0.1) is 0 Å². The van der Waals surface area contributed by atoms with Crippen LogP contribution in [0.25, 0.3) is 0 Å². The lowest BCUT2D eigenvalue weighted by atomic mass is 10.1. The highest BCUT2D eigenvalue weighted by molar-refractivity contribution is 6.00. The van der Waals surface area contributed by atoms with Crippen molar-refractivity contribution in [2.45, 2.75) is 19.5 Å². The molecule has 0 aliphatic carbocycles. The Morgan fingerprint density at radius 1 is 1.00 bits per heavy atom. The van der Waals surface area contributed by atoms with Crippen LogP contribution in [0, 0.1) is 12.8 Å². The second kappa shape index (κ2) is 10.7. The van der Waals surface area contributed by atoms with Gasteiger partial charge in [-0.25, -0.2) is 0 Å². The third kappa shape index (κ3) is 6.66. The number of esters is 1. The summed E-state index contributed by atoms with van der Waals surface area (Å²) in [5.41, 5.74) is 0.702. The van der Waals surface area contributed by atoms with Crippen LogP contribution >= 0.6 is 0 Å². The Morgan fingerprint density at radius 3 is 2.30 bits per heavy atom. The largest absolute Gasteiger partial charge is 0.457 e. The fourth-order valence-electron chi connectivity index (χ4n) is 3.78. The van der Waals surface area contributed by atoms with E-state index in [9.17, 15) is 27.6 Å². The number of anilines is 2. The smallest absolute Gasteiger partial charge is 0.416 e. The number of hydrogen-bond donors (Lipinski definition) is 1. The number of nitrogens with zero attached hydrogens (tertiary/aromatic N) is 1. The van der Waals surface area contributed by atoms with E-state index in [-0.39, 0.29) is 24.6 Å². The fraction of sp³-hybridized carbons (Fsp3) is 0.222. The molecule has 0 spiro atoms. The summed E-state index contributed by atoms with van der Waals surface area (Å²) in [6, 6.07) is 18.5. The SMILES string of the molecule is Cc1ccc(Oc2ccc(N3C[C@@H](C(=O)OCC(=O)Nc4cccc(C(F)(F)F)c4)CC3=O)cc2)cc1. The van der Waals surface area contributed by atoms with Gasteiger partial charge in [0.15, 0.2) is 6.61 Å². The molecule has 4 rings (SSSR count). The number of nitrogens with one attached hydrogen (secondary N) is 1. The number of halogens is 3. The first-order chi connectivity index (χ1) is 17.6. The van der Waals surface area contributed by atoms with E-state index in [0.717, 1.165) is 23.8 Å². The van der Waals surface area contributed by atoms with Gasteiger partial charge in [0.05, 0.1) is 11.5 Å². The number of rotatable bonds is 7. The Morgan fingerprint density at radius 2 is 1.65 bits per heavy atom. The maximum absolute atomic E-state index is 12.8. The molecule has 0 bridgehead atoms. The molecule has 1 aliphatic heterocycles. The van der Waals surface area contributed by atoms with Crippen LogP contribution in [0.5, 0.6) is 11.5 Å². The lowest BCUT2D eigenvalue weighted by molar-refractivity contribution is -0.151. The molecule has 1 saturated heterocycles. The first-order valence-electron chi connectivity index (χ1n) is 11.4. The number of carbonyl (C=O) groups excluding carboxylic acids is 3. The zero-order valence-electron chi connectivity index (χ0n) is 19.7. The van der Waals surface area contributed by atoms with Crippen LogP contribution in [0.2, 0.25) is 0 Å². The van der Waals surface area contributed by atoms with Crippen molar-refractivity contribution in [2.75, 3.05) is 23.4 Å². The van der Waals surface area contributed by atoms with Gasteiger partial charge in [0.25, 0.3) is 5.91 Å². The minimum absolute atomic E-state index is 0.0745. The van der Waals surface area contributed by atoms with Gasteiger partial charge in [0.1, 0.15) is 11.5 Å². The number of ether oxygens (including phenoxy) is 2. The van der Waals surface area contributed by atoms with Gasteiger partial charge in [0.2, 0.25) is 5.91 Å². The van der Waals surface area contributed by atoms with Crippen molar-refractivity contribution in [2.24, 2.45) is 5.92 Å². The zero-order valence-corrected chi connectivity index (χ0v) is 19.7. The topological polar surface area (TPSA) is 84.9 Å². The summed E-state index contributed by atoms with van der Waals surface area (Å²) in [6.07, 6.45) is -4.64. The second-order valence-corrected chi connectivity index (χ2v) is 8.55. The van der Waals surface area contributed by atoms with Crippen LogP contribution in [0.3, 0.4) is 0 Å². The maximum atomic E-state index is 12.8. The van der Waals surface area contributed by atoms with Gasteiger partial charge in [-0.3, -0.25) is 14.4 Å². The van der Waals surface area contributed by atoms with E-state index in [1.807, 2.05) is 31.2 Å². The predicted octanol–water partition coefficient (Wildman–Crippen LogP) is 5.34. The second-order valence-electron chi connectivity index (χ2n) is 8.55. The Kier molecular flexibility index (Phi) is 7.47. The van der Waals surface area contributed by atoms with E-state index in [1.165, 1.54) is 11.0 Å². The van der Waals surface area contributed by atoms with Gasteiger partial charge in [0, 0.05) is 24.3 Å². The highest BCUT2D eigenvalue weighted by Gasteiger charge is 2.36. The Bertz CT molecular complexity index is 1290. The quantitative estimate of drug-likeness (QED) is 0.432. The van der Waals surface area contributed by atoms with Crippen LogP contribution in [0.15, 0.2) is 72.8 Å². The molecule has 0 aromatic heterocycles. The van der Waals surface area contributed by atoms with E-state index in [0.29, 0.717) is 17.2 Å². The molecule has 0 saturated carbocycles. The van der Waals surface area contributed by atoms with E-state index in [2.05, 4.69) is 5.32 Å². The molecule has 0 unspecified atom stereocenters. The summed E-state index contributed by atoms with van der Waals surface area (Å²) in [5, 5.41) is 2.26. The molecule has 0 radical (unpaired) electrons. The molecule has 7 nitrogen and oxygen atoms in total. The lowest BCUT2D eigenvalue weighted by Crippen LogP contribution is -2.28. The molecule has 192 valence electrons. The first-order valence-corrected chi connectivity index (χ1v) is 11.4. The highest BCUT2D eigenvalue weighted by Crippen LogP contribution is 2.31. The van der Waals surface area contributed by atoms with E-state index < -0.39 is 36.1 Å². The molecule has 1 N–H and O–H groups in total. The number of alkyl halides is 3. The highest BCUT2D eigenvalue weighted by atomic mass is 19.4. The van der Waals surface area contributed by atoms with Crippen molar-refractivity contribution in [3.8, 4) is 11.5 Å². The van der Waals surface area contributed by atoms with Gasteiger partial charge >= 0.3 is 12.1 Å². The van der Waals surface area contributed by atoms with E-state index in [4.69, 9.17) is 9.47 Å². The number of aryl methyl sites for hydroxylation is 1. The van der Waals surface area contributed by atoms with Crippen molar-refractivity contribution < 1.29 is 37.0 Å². The van der Waals surface area contributed by atoms with Crippen LogP contribution < -0.4 is 15.0 Å². The van der Waals surface area contributed by atoms with Crippen molar-refractivity contribution in [3.05, 3.63) is 83.9 Å². The molecule has 1 heterocycles. The molecule has 2 amide bonds. The van der Waals surface area contributed by atoms with E-state index >= 15 is 0 Å². The minimum Gasteiger partial charge on any atom is -0.457 e. The van der Waals surface area contributed by atoms with Gasteiger partial charge < -0.3 is 19.7 Å². The number of hydrogen-bond acceptors (Lipinski definition) is 5. The van der Waals surface area contributed by atoms with Crippen molar-refractivity contribution >= 4 is 29.2 Å². The third-order valence-corrected chi connectivity index (χ3v) is 5.68. The molecule has 1 aliphatic rings. The van der Waals surface area contributed by atoms with Gasteiger partial charge in [-0.1, -0.05) is 23.8 Å². The Hall–Kier alpha value is -4.34. The van der Waals surface area contributed by atoms with Crippen LogP contribution in [0.4, 0.5) is 24.5 Å². The molecule has 3 aromatic carbocycles. The van der Waals surface area contributed by atoms with Crippen LogP contribution in [-0.2, 0) is 25.3 Å². The van der Waals surface area contributed by atoms with Gasteiger partial charge in [-0.05, 0) is 61.5 Å². The average molecular weight is 512 g/mol. The van der Waals surface area contributed by atoms with Gasteiger partial charge in [-0.2, -0.15) is 13.2 Å². The molecule has 10 heteroatoms. The van der Waals surface area contributed by atoms with Crippen molar-refractivity contribution in [3.63, 3.8) is 0 Å². The third-order valence-electron chi connectivity index (χ3n) is 5.68. The summed E-state index contributed by atoms with van der Waals surface area (Å²) < 4.78 is 49.3. The molecular formula is C27H23F3N2O5. The number of carbonyl (C=O) groups is 3. The maximum Gasteiger partial charge on any atom is 0.416 e. The van der Waals surface area contributed by atoms with Crippen molar-refractivity contribution in [1.82, 2.24) is 0 Å². The summed E-state index contributed by atoms with van der Waals surface area (Å²) >= 11 is 0. The van der Waals surface area contributed by atoms with Crippen molar-refractivity contribution in [1.29, 1.82) is 0 Å². The van der Waals surface area contributed by atoms with Crippen LogP contribution in [-0.4, -0.2) is 30.9 Å². The normalized spacial score (nSPS) is 15.4. The monoisotopic (exact) mass is 512 g/mol. The first kappa shape index (κ1) is 25.7. The molecular weight excluding hydrogens is 489 g/mol. The van der Waals surface area contributed by atoms with Crippen LogP contribution in [0.1, 0.15) is 17.5 Å². The Labute approximate surface area is 210 Å². The summed E-state index contributed by atoms with van der Waals surface area (Å²) in [7, 11) is 0. The summed E-state index contributed by atoms with van der Waals surface area (Å²) in [6.45, 7) is 1.36. The van der Waals surface area contributed by atoms with E-state index in [1.54, 1.807) is 24.3 Å². The predicted molar refractivity (Wildman–Crippen MR) is 129 cm³/mol. The fourth-order valence-corrected chi connectivity index (χ4v) is 3.78. The average Bonchev–Trinajstić information content (AvgIpc) is 3.26. The lowest BCUT2D eigenvalue weighted by Gasteiger charge is -2.17. The Balaban J connectivity index is 1.28. The minimum atomic E-state index is -4.55. The number of benzene rings is 3. The molecule has 1 atom stereocenters. The summed E-state index contributed by atoms with van der Waals surface area (Å²) in [4.78, 5) is 38.5. The standard InChI is InChI=1S/C27H23F3N2O5/c1-17-5-9-22(10-6-17)37-23-11-7-21(8-12-23)32-15-18(13-25(32)34)26(35)36-16-24(33)31-20-4-2-3-19(14-20)27(28,29)30/h2-12,14,18H,13,15-16H2,1H3,(H,31,33)/t18-/m0/s1. The molecule has 3 aromatic rings.